The molecule has 0 aromatic heterocycles. The molecule has 0 radical (unpaired) electrons. The summed E-state index contributed by atoms with van der Waals surface area (Å²) in [5.41, 5.74) is 6.72. The molecule has 6 heteroatoms. The first kappa shape index (κ1) is 14.7. The van der Waals surface area contributed by atoms with Crippen molar-refractivity contribution >= 4 is 15.9 Å². The highest BCUT2D eigenvalue weighted by atomic mass is 32.2. The van der Waals surface area contributed by atoms with Gasteiger partial charge in [-0.1, -0.05) is 26.0 Å². The molecule has 5 nitrogen and oxygen atoms in total. The van der Waals surface area contributed by atoms with E-state index in [4.69, 9.17) is 10.9 Å². The van der Waals surface area contributed by atoms with Crippen LogP contribution in [0.25, 0.3) is 0 Å². The first-order valence-corrected chi connectivity index (χ1v) is 7.27. The van der Waals surface area contributed by atoms with Crippen molar-refractivity contribution in [3.05, 3.63) is 29.8 Å². The molecule has 18 heavy (non-hydrogen) atoms. The summed E-state index contributed by atoms with van der Waals surface area (Å²) in [6.45, 7) is 4.57. The van der Waals surface area contributed by atoms with E-state index in [-0.39, 0.29) is 10.8 Å². The molecule has 0 saturated carbocycles. The Labute approximate surface area is 108 Å². The first-order valence-electron chi connectivity index (χ1n) is 5.72. The molecular formula is C12H19N3O2S. The molecule has 0 aliphatic heterocycles. The summed E-state index contributed by atoms with van der Waals surface area (Å²) >= 11 is 0. The molecule has 0 amide bonds. The molecule has 1 rings (SSSR count). The summed E-state index contributed by atoms with van der Waals surface area (Å²) < 4.78 is 22.1. The van der Waals surface area contributed by atoms with Crippen LogP contribution in [0.5, 0.6) is 0 Å². The van der Waals surface area contributed by atoms with Gasteiger partial charge in [-0.3, -0.25) is 4.99 Å². The Morgan fingerprint density at radius 3 is 2.28 bits per heavy atom. The topological polar surface area (TPSA) is 98.5 Å². The molecule has 0 atom stereocenters. The van der Waals surface area contributed by atoms with Gasteiger partial charge < -0.3 is 5.73 Å². The van der Waals surface area contributed by atoms with Crippen molar-refractivity contribution in [1.29, 1.82) is 0 Å². The maximum Gasteiger partial charge on any atom is 0.238 e. The second-order valence-corrected chi connectivity index (χ2v) is 5.96. The summed E-state index contributed by atoms with van der Waals surface area (Å²) in [5, 5.41) is 5.01. The number of primary sulfonamides is 1. The smallest absolute Gasteiger partial charge is 0.238 e. The number of nitrogens with two attached hydrogens (primary N) is 2. The average Bonchev–Trinajstić information content (AvgIpc) is 2.28. The van der Waals surface area contributed by atoms with Gasteiger partial charge in [-0.2, -0.15) is 0 Å². The summed E-state index contributed by atoms with van der Waals surface area (Å²) in [4.78, 5) is 4.36. The maximum atomic E-state index is 11.1. The monoisotopic (exact) mass is 269 g/mol. The zero-order valence-corrected chi connectivity index (χ0v) is 11.4. The van der Waals surface area contributed by atoms with Crippen molar-refractivity contribution in [3.63, 3.8) is 0 Å². The zero-order valence-electron chi connectivity index (χ0n) is 10.6. The van der Waals surface area contributed by atoms with Crippen molar-refractivity contribution in [2.45, 2.75) is 25.2 Å². The highest BCUT2D eigenvalue weighted by Crippen LogP contribution is 2.09. The second kappa shape index (κ2) is 5.97. The quantitative estimate of drug-likeness (QED) is 0.613. The number of hydrogen-bond acceptors (Lipinski definition) is 3. The Kier molecular flexibility index (Phi) is 4.86. The van der Waals surface area contributed by atoms with Gasteiger partial charge in [0.2, 0.25) is 10.0 Å². The first-order chi connectivity index (χ1) is 8.30. The van der Waals surface area contributed by atoms with Gasteiger partial charge in [0.05, 0.1) is 10.7 Å². The van der Waals surface area contributed by atoms with Crippen LogP contribution in [-0.2, 0) is 16.4 Å². The highest BCUT2D eigenvalue weighted by molar-refractivity contribution is 7.89. The van der Waals surface area contributed by atoms with Crippen LogP contribution in [0, 0.1) is 5.92 Å². The summed E-state index contributed by atoms with van der Waals surface area (Å²) in [7, 11) is -3.61. The van der Waals surface area contributed by atoms with Crippen LogP contribution in [0.15, 0.2) is 34.2 Å². The highest BCUT2D eigenvalue weighted by Gasteiger charge is 2.06. The van der Waals surface area contributed by atoms with Gasteiger partial charge in [0.25, 0.3) is 0 Å². The molecule has 0 saturated heterocycles. The van der Waals surface area contributed by atoms with E-state index in [0.29, 0.717) is 12.4 Å². The minimum atomic E-state index is -3.61. The van der Waals surface area contributed by atoms with E-state index < -0.39 is 10.0 Å². The molecule has 0 spiro atoms. The predicted molar refractivity (Wildman–Crippen MR) is 72.8 cm³/mol. The number of benzene rings is 1. The lowest BCUT2D eigenvalue weighted by molar-refractivity contribution is 0.598. The van der Waals surface area contributed by atoms with E-state index in [0.717, 1.165) is 12.0 Å². The summed E-state index contributed by atoms with van der Waals surface area (Å²) in [6.07, 6.45) is 0.721. The SMILES string of the molecule is CC(C)C(N)=NCCc1ccc(S(N)(=O)=O)cc1. The van der Waals surface area contributed by atoms with Gasteiger partial charge in [0.15, 0.2) is 0 Å². The largest absolute Gasteiger partial charge is 0.387 e. The minimum Gasteiger partial charge on any atom is -0.387 e. The van der Waals surface area contributed by atoms with Crippen molar-refractivity contribution in [1.82, 2.24) is 0 Å². The van der Waals surface area contributed by atoms with Crippen molar-refractivity contribution in [3.8, 4) is 0 Å². The fraction of sp³-hybridized carbons (Fsp3) is 0.417. The summed E-state index contributed by atoms with van der Waals surface area (Å²) in [5.74, 6) is 0.880. The number of amidine groups is 1. The normalized spacial score (nSPS) is 13.0. The van der Waals surface area contributed by atoms with Crippen molar-refractivity contribution in [2.24, 2.45) is 21.8 Å². The molecule has 0 aliphatic rings. The van der Waals surface area contributed by atoms with Gasteiger partial charge in [-0.15, -0.1) is 0 Å². The second-order valence-electron chi connectivity index (χ2n) is 4.40. The molecule has 0 heterocycles. The van der Waals surface area contributed by atoms with Crippen LogP contribution in [0.2, 0.25) is 0 Å². The van der Waals surface area contributed by atoms with Crippen molar-refractivity contribution in [2.75, 3.05) is 6.54 Å². The van der Waals surface area contributed by atoms with Gasteiger partial charge in [0, 0.05) is 12.5 Å². The lowest BCUT2D eigenvalue weighted by atomic mass is 10.1. The molecule has 1 aromatic carbocycles. The van der Waals surface area contributed by atoms with Gasteiger partial charge in [0.1, 0.15) is 0 Å². The standard InChI is InChI=1S/C12H19N3O2S/c1-9(2)12(13)15-8-7-10-3-5-11(6-4-10)18(14,16)17/h3-6,9H,7-8H2,1-2H3,(H2,13,15)(H2,14,16,17). The Morgan fingerprint density at radius 2 is 1.83 bits per heavy atom. The number of rotatable bonds is 5. The number of aliphatic imine (C=N–C) groups is 1. The van der Waals surface area contributed by atoms with E-state index in [1.807, 2.05) is 13.8 Å². The third-order valence-corrected chi connectivity index (χ3v) is 3.47. The van der Waals surface area contributed by atoms with Crippen LogP contribution in [-0.4, -0.2) is 20.8 Å². The minimum absolute atomic E-state index is 0.122. The number of hydrogen-bond donors (Lipinski definition) is 2. The third-order valence-electron chi connectivity index (χ3n) is 2.54. The fourth-order valence-electron chi connectivity index (χ4n) is 1.34. The van der Waals surface area contributed by atoms with E-state index in [9.17, 15) is 8.42 Å². The zero-order chi connectivity index (χ0) is 13.8. The van der Waals surface area contributed by atoms with Crippen LogP contribution in [0.4, 0.5) is 0 Å². The van der Waals surface area contributed by atoms with E-state index in [2.05, 4.69) is 4.99 Å². The third kappa shape index (κ3) is 4.46. The lowest BCUT2D eigenvalue weighted by Gasteiger charge is -2.04. The lowest BCUT2D eigenvalue weighted by Crippen LogP contribution is -2.19. The van der Waals surface area contributed by atoms with Gasteiger partial charge in [-0.05, 0) is 24.1 Å². The van der Waals surface area contributed by atoms with Crippen LogP contribution in [0.1, 0.15) is 19.4 Å². The van der Waals surface area contributed by atoms with E-state index in [1.165, 1.54) is 12.1 Å². The van der Waals surface area contributed by atoms with E-state index in [1.54, 1.807) is 12.1 Å². The predicted octanol–water partition coefficient (Wildman–Crippen LogP) is 0.890. The number of nitrogens with zero attached hydrogens (tertiary/aromatic N) is 1. The molecule has 0 unspecified atom stereocenters. The molecule has 4 N–H and O–H groups in total. The maximum absolute atomic E-state index is 11.1. The Morgan fingerprint density at radius 1 is 1.28 bits per heavy atom. The molecule has 1 aromatic rings. The average molecular weight is 269 g/mol. The molecule has 0 aliphatic carbocycles. The van der Waals surface area contributed by atoms with Gasteiger partial charge >= 0.3 is 0 Å². The molecular weight excluding hydrogens is 250 g/mol. The van der Waals surface area contributed by atoms with Crippen LogP contribution >= 0.6 is 0 Å². The van der Waals surface area contributed by atoms with Gasteiger partial charge in [-0.25, -0.2) is 13.6 Å². The fourth-order valence-corrected chi connectivity index (χ4v) is 1.86. The summed E-state index contributed by atoms with van der Waals surface area (Å²) in [6, 6.07) is 6.47. The van der Waals surface area contributed by atoms with Crippen LogP contribution < -0.4 is 10.9 Å². The molecule has 0 fully saturated rings. The Hall–Kier alpha value is -1.40. The number of sulfonamides is 1. The molecule has 0 bridgehead atoms. The molecule has 100 valence electrons. The van der Waals surface area contributed by atoms with E-state index >= 15 is 0 Å². The van der Waals surface area contributed by atoms with Crippen LogP contribution in [0.3, 0.4) is 0 Å². The Balaban J connectivity index is 2.63. The van der Waals surface area contributed by atoms with Crippen molar-refractivity contribution < 1.29 is 8.42 Å². The Bertz CT molecular complexity index is 519.